The first kappa shape index (κ1) is 17.0. The highest BCUT2D eigenvalue weighted by Gasteiger charge is 2.12. The van der Waals surface area contributed by atoms with Crippen LogP contribution in [0.25, 0.3) is 5.69 Å². The third-order valence-corrected chi connectivity index (χ3v) is 3.38. The van der Waals surface area contributed by atoms with Crippen LogP contribution >= 0.6 is 0 Å². The Morgan fingerprint density at radius 2 is 2.09 bits per heavy atom. The van der Waals surface area contributed by atoms with E-state index in [1.165, 1.54) is 0 Å². The molecule has 2 rings (SSSR count). The Morgan fingerprint density at radius 1 is 1.35 bits per heavy atom. The van der Waals surface area contributed by atoms with Gasteiger partial charge in [-0.2, -0.15) is 5.10 Å². The summed E-state index contributed by atoms with van der Waals surface area (Å²) in [6.45, 7) is 5.89. The van der Waals surface area contributed by atoms with E-state index in [9.17, 15) is 9.90 Å². The molecule has 2 amide bonds. The molecule has 0 aliphatic rings. The lowest BCUT2D eigenvalue weighted by atomic mass is 10.2. The third kappa shape index (κ3) is 4.53. The number of benzene rings is 1. The van der Waals surface area contributed by atoms with Crippen LogP contribution in [0.3, 0.4) is 0 Å². The van der Waals surface area contributed by atoms with Crippen molar-refractivity contribution < 1.29 is 9.90 Å². The molecule has 1 unspecified atom stereocenters. The number of nitrogens with zero attached hydrogens (tertiary/aromatic N) is 3. The predicted octanol–water partition coefficient (Wildman–Crippen LogP) is 2.17. The van der Waals surface area contributed by atoms with Gasteiger partial charge in [-0.3, -0.25) is 0 Å². The van der Waals surface area contributed by atoms with Gasteiger partial charge < -0.3 is 15.7 Å². The number of aliphatic hydroxyl groups excluding tert-OH is 1. The molecule has 0 saturated heterocycles. The lowest BCUT2D eigenvalue weighted by Gasteiger charge is -2.14. The van der Waals surface area contributed by atoms with Crippen molar-refractivity contribution >= 4 is 11.7 Å². The topological polar surface area (TPSA) is 92.1 Å². The van der Waals surface area contributed by atoms with Crippen molar-refractivity contribution in [2.45, 2.75) is 39.7 Å². The highest BCUT2D eigenvalue weighted by atomic mass is 16.3. The molecule has 0 bridgehead atoms. The monoisotopic (exact) mass is 317 g/mol. The van der Waals surface area contributed by atoms with Gasteiger partial charge in [0.2, 0.25) is 0 Å². The van der Waals surface area contributed by atoms with Crippen molar-refractivity contribution in [3.8, 4) is 5.69 Å². The average molecular weight is 317 g/mol. The number of nitrogens with one attached hydrogen (secondary N) is 2. The molecule has 0 spiro atoms. The second-order valence-corrected chi connectivity index (χ2v) is 5.41. The summed E-state index contributed by atoms with van der Waals surface area (Å²) in [5, 5.41) is 19.5. The molecule has 124 valence electrons. The molecule has 0 fully saturated rings. The normalized spacial score (nSPS) is 12.0. The van der Waals surface area contributed by atoms with E-state index in [0.717, 1.165) is 17.9 Å². The Kier molecular flexibility index (Phi) is 5.70. The zero-order valence-corrected chi connectivity index (χ0v) is 13.7. The molecule has 0 saturated carbocycles. The van der Waals surface area contributed by atoms with Crippen molar-refractivity contribution in [3.05, 3.63) is 35.9 Å². The Labute approximate surface area is 135 Å². The summed E-state index contributed by atoms with van der Waals surface area (Å²) in [6, 6.07) is 7.02. The Hall–Kier alpha value is -2.41. The first-order valence-corrected chi connectivity index (χ1v) is 7.73. The van der Waals surface area contributed by atoms with Gasteiger partial charge in [0.05, 0.1) is 17.5 Å². The number of rotatable bonds is 6. The average Bonchev–Trinajstić information content (AvgIpc) is 2.84. The van der Waals surface area contributed by atoms with Gasteiger partial charge in [-0.05, 0) is 32.4 Å². The highest BCUT2D eigenvalue weighted by Crippen LogP contribution is 2.20. The van der Waals surface area contributed by atoms with E-state index in [1.54, 1.807) is 10.7 Å². The van der Waals surface area contributed by atoms with Gasteiger partial charge in [0, 0.05) is 6.54 Å². The number of aryl methyl sites for hydroxylation is 2. The van der Waals surface area contributed by atoms with Gasteiger partial charge in [-0.15, -0.1) is 0 Å². The van der Waals surface area contributed by atoms with Crippen LogP contribution in [0.15, 0.2) is 24.3 Å². The van der Waals surface area contributed by atoms with E-state index in [0.29, 0.717) is 17.9 Å². The Morgan fingerprint density at radius 3 is 2.74 bits per heavy atom. The predicted molar refractivity (Wildman–Crippen MR) is 88.8 cm³/mol. The molecule has 1 aromatic carbocycles. The second kappa shape index (κ2) is 7.73. The number of amides is 2. The van der Waals surface area contributed by atoms with E-state index >= 15 is 0 Å². The van der Waals surface area contributed by atoms with Crippen LogP contribution in [0.4, 0.5) is 10.5 Å². The quantitative estimate of drug-likeness (QED) is 0.761. The maximum atomic E-state index is 12.0. The molecule has 2 aromatic rings. The lowest BCUT2D eigenvalue weighted by molar-refractivity contribution is 0.162. The smallest absolute Gasteiger partial charge is 0.319 e. The largest absolute Gasteiger partial charge is 0.391 e. The standard InChI is InChI=1S/C16H23N5O2/c1-4-7-13(22)10-17-16(23)19-14-8-5-6-9-15(14)21-12(3)18-11(2)20-21/h5-6,8-9,13,22H,4,7,10H2,1-3H3,(H2,17,19,23). The number of hydrogen-bond acceptors (Lipinski definition) is 4. The SMILES string of the molecule is CCCC(O)CNC(=O)Nc1ccccc1-n1nc(C)nc1C. The lowest BCUT2D eigenvalue weighted by Crippen LogP contribution is -2.35. The number of carbonyl (C=O) groups excluding carboxylic acids is 1. The van der Waals surface area contributed by atoms with Crippen LogP contribution in [0, 0.1) is 13.8 Å². The molecule has 3 N–H and O–H groups in total. The molecule has 1 atom stereocenters. The summed E-state index contributed by atoms with van der Waals surface area (Å²) < 4.78 is 1.69. The van der Waals surface area contributed by atoms with Gasteiger partial charge in [0.25, 0.3) is 0 Å². The number of aliphatic hydroxyl groups is 1. The van der Waals surface area contributed by atoms with Gasteiger partial charge in [-0.25, -0.2) is 14.5 Å². The minimum absolute atomic E-state index is 0.225. The van der Waals surface area contributed by atoms with Crippen molar-refractivity contribution in [2.24, 2.45) is 0 Å². The summed E-state index contributed by atoms with van der Waals surface area (Å²) in [5.41, 5.74) is 1.37. The molecule has 1 heterocycles. The summed E-state index contributed by atoms with van der Waals surface area (Å²) in [4.78, 5) is 16.3. The van der Waals surface area contributed by atoms with E-state index in [2.05, 4.69) is 20.7 Å². The summed E-state index contributed by atoms with van der Waals surface area (Å²) in [7, 11) is 0. The fourth-order valence-electron chi connectivity index (χ4n) is 2.33. The highest BCUT2D eigenvalue weighted by molar-refractivity contribution is 5.91. The summed E-state index contributed by atoms with van der Waals surface area (Å²) >= 11 is 0. The summed E-state index contributed by atoms with van der Waals surface area (Å²) in [5.74, 6) is 1.42. The first-order chi connectivity index (χ1) is 11.0. The van der Waals surface area contributed by atoms with E-state index in [-0.39, 0.29) is 12.6 Å². The van der Waals surface area contributed by atoms with Gasteiger partial charge in [0.15, 0.2) is 0 Å². The molecular weight excluding hydrogens is 294 g/mol. The zero-order chi connectivity index (χ0) is 16.8. The van der Waals surface area contributed by atoms with Crippen LogP contribution in [0.1, 0.15) is 31.4 Å². The van der Waals surface area contributed by atoms with E-state index in [1.807, 2.05) is 39.0 Å². The molecule has 0 aliphatic heterocycles. The van der Waals surface area contributed by atoms with Gasteiger partial charge >= 0.3 is 6.03 Å². The van der Waals surface area contributed by atoms with Crippen LogP contribution < -0.4 is 10.6 Å². The number of carbonyl (C=O) groups is 1. The first-order valence-electron chi connectivity index (χ1n) is 7.73. The van der Waals surface area contributed by atoms with Crippen molar-refractivity contribution in [2.75, 3.05) is 11.9 Å². The van der Waals surface area contributed by atoms with Crippen molar-refractivity contribution in [3.63, 3.8) is 0 Å². The number of hydrogen-bond donors (Lipinski definition) is 3. The molecular formula is C16H23N5O2. The molecule has 0 radical (unpaired) electrons. The van der Waals surface area contributed by atoms with Gasteiger partial charge in [0.1, 0.15) is 11.6 Å². The fourth-order valence-corrected chi connectivity index (χ4v) is 2.33. The third-order valence-electron chi connectivity index (χ3n) is 3.38. The van der Waals surface area contributed by atoms with Crippen LogP contribution in [-0.2, 0) is 0 Å². The van der Waals surface area contributed by atoms with Crippen LogP contribution in [0.5, 0.6) is 0 Å². The minimum atomic E-state index is -0.527. The fraction of sp³-hybridized carbons (Fsp3) is 0.438. The number of para-hydroxylation sites is 2. The summed E-state index contributed by atoms with van der Waals surface area (Å²) in [6.07, 6.45) is 1.01. The van der Waals surface area contributed by atoms with E-state index in [4.69, 9.17) is 0 Å². The molecule has 1 aromatic heterocycles. The molecule has 0 aliphatic carbocycles. The van der Waals surface area contributed by atoms with E-state index < -0.39 is 6.10 Å². The molecule has 7 heteroatoms. The van der Waals surface area contributed by atoms with Gasteiger partial charge in [-0.1, -0.05) is 25.5 Å². The molecule has 7 nitrogen and oxygen atoms in total. The van der Waals surface area contributed by atoms with Crippen molar-refractivity contribution in [1.29, 1.82) is 0 Å². The maximum Gasteiger partial charge on any atom is 0.319 e. The number of urea groups is 1. The Bertz CT molecular complexity index is 668. The van der Waals surface area contributed by atoms with Crippen LogP contribution in [-0.4, -0.2) is 38.6 Å². The zero-order valence-electron chi connectivity index (χ0n) is 13.7. The maximum absolute atomic E-state index is 12.0. The number of anilines is 1. The molecule has 23 heavy (non-hydrogen) atoms. The second-order valence-electron chi connectivity index (χ2n) is 5.41. The van der Waals surface area contributed by atoms with Crippen molar-refractivity contribution in [1.82, 2.24) is 20.1 Å². The number of aromatic nitrogens is 3. The van der Waals surface area contributed by atoms with Crippen LogP contribution in [0.2, 0.25) is 0 Å². The Balaban J connectivity index is 2.09. The minimum Gasteiger partial charge on any atom is -0.391 e.